The minimum Gasteiger partial charge on any atom is -0.384 e. The van der Waals surface area contributed by atoms with E-state index in [1.807, 2.05) is 6.07 Å². The molecule has 0 rings (SSSR count). The molecule has 15 heavy (non-hydrogen) atoms. The molecule has 86 valence electrons. The van der Waals surface area contributed by atoms with Gasteiger partial charge >= 0.3 is 0 Å². The average Bonchev–Trinajstić information content (AvgIpc) is 2.22. The van der Waals surface area contributed by atoms with Gasteiger partial charge in [-0.25, -0.2) is 0 Å². The van der Waals surface area contributed by atoms with E-state index in [0.29, 0.717) is 25.3 Å². The Hall–Kier alpha value is -0.930. The van der Waals surface area contributed by atoms with Gasteiger partial charge in [0, 0.05) is 37.3 Å². The van der Waals surface area contributed by atoms with E-state index >= 15 is 0 Å². The zero-order chi connectivity index (χ0) is 11.7. The fourth-order valence-electron chi connectivity index (χ4n) is 0.839. The lowest BCUT2D eigenvalue weighted by Crippen LogP contribution is -2.32. The molecule has 0 spiro atoms. The van der Waals surface area contributed by atoms with Gasteiger partial charge in [-0.15, -0.1) is 0 Å². The topological polar surface area (TPSA) is 70.4 Å². The number of carbonyl (C=O) groups is 1. The van der Waals surface area contributed by atoms with E-state index in [9.17, 15) is 9.00 Å². The molecular formula is C9H16N2O3S. The molecule has 0 aromatic rings. The summed E-state index contributed by atoms with van der Waals surface area (Å²) in [6.07, 6.45) is 0.299. The van der Waals surface area contributed by atoms with Crippen molar-refractivity contribution in [2.24, 2.45) is 0 Å². The van der Waals surface area contributed by atoms with Crippen LogP contribution in [0.1, 0.15) is 6.42 Å². The highest BCUT2D eigenvalue weighted by molar-refractivity contribution is 7.85. The molecule has 1 unspecified atom stereocenters. The second-order valence-corrected chi connectivity index (χ2v) is 4.58. The van der Waals surface area contributed by atoms with Crippen LogP contribution in [0.2, 0.25) is 0 Å². The Balaban J connectivity index is 3.81. The van der Waals surface area contributed by atoms with E-state index in [4.69, 9.17) is 10.00 Å². The Morgan fingerprint density at radius 1 is 1.60 bits per heavy atom. The lowest BCUT2D eigenvalue weighted by Gasteiger charge is -2.14. The maximum absolute atomic E-state index is 11.4. The van der Waals surface area contributed by atoms with Crippen LogP contribution < -0.4 is 0 Å². The summed E-state index contributed by atoms with van der Waals surface area (Å²) < 4.78 is 16.1. The summed E-state index contributed by atoms with van der Waals surface area (Å²) in [5.74, 6) is 0.180. The molecule has 1 amide bonds. The van der Waals surface area contributed by atoms with Crippen LogP contribution in [-0.2, 0) is 20.3 Å². The first-order chi connectivity index (χ1) is 7.11. The van der Waals surface area contributed by atoms with Crippen molar-refractivity contribution in [3.05, 3.63) is 0 Å². The van der Waals surface area contributed by atoms with E-state index in [0.717, 1.165) is 0 Å². The number of ether oxygens (including phenoxy) is 1. The highest BCUT2D eigenvalue weighted by atomic mass is 32.2. The third-order valence-corrected chi connectivity index (χ3v) is 2.98. The van der Waals surface area contributed by atoms with Gasteiger partial charge in [-0.3, -0.25) is 9.00 Å². The number of hydrogen-bond acceptors (Lipinski definition) is 4. The summed E-state index contributed by atoms with van der Waals surface area (Å²) in [7, 11) is 1.95. The lowest BCUT2D eigenvalue weighted by atomic mass is 10.4. The number of nitrogens with zero attached hydrogens (tertiary/aromatic N) is 2. The van der Waals surface area contributed by atoms with Crippen molar-refractivity contribution in [3.8, 4) is 6.07 Å². The quantitative estimate of drug-likeness (QED) is 0.607. The van der Waals surface area contributed by atoms with Crippen molar-refractivity contribution < 1.29 is 13.7 Å². The molecule has 0 aromatic heterocycles. The molecular weight excluding hydrogens is 216 g/mol. The molecule has 6 heteroatoms. The first-order valence-corrected chi connectivity index (χ1v) is 6.05. The van der Waals surface area contributed by atoms with Crippen LogP contribution in [0.4, 0.5) is 0 Å². The van der Waals surface area contributed by atoms with Crippen LogP contribution in [0.3, 0.4) is 0 Å². The number of rotatable bonds is 7. The molecule has 0 aromatic carbocycles. The lowest BCUT2D eigenvalue weighted by molar-refractivity contribution is -0.127. The fourth-order valence-corrected chi connectivity index (χ4v) is 1.83. The van der Waals surface area contributed by atoms with Crippen LogP contribution in [0.15, 0.2) is 0 Å². The van der Waals surface area contributed by atoms with Crippen molar-refractivity contribution in [1.29, 1.82) is 5.26 Å². The third kappa shape index (κ3) is 7.05. The van der Waals surface area contributed by atoms with Gasteiger partial charge < -0.3 is 9.64 Å². The van der Waals surface area contributed by atoms with Crippen LogP contribution in [0, 0.1) is 11.3 Å². The van der Waals surface area contributed by atoms with Crippen LogP contribution in [-0.4, -0.2) is 53.8 Å². The predicted molar refractivity (Wildman–Crippen MR) is 57.6 cm³/mol. The summed E-state index contributed by atoms with van der Waals surface area (Å²) in [5, 5.41) is 8.33. The average molecular weight is 232 g/mol. The Morgan fingerprint density at radius 3 is 2.80 bits per heavy atom. The molecule has 0 saturated heterocycles. The van der Waals surface area contributed by atoms with E-state index in [-0.39, 0.29) is 11.7 Å². The van der Waals surface area contributed by atoms with Crippen molar-refractivity contribution in [2.45, 2.75) is 6.42 Å². The van der Waals surface area contributed by atoms with Gasteiger partial charge in [-0.05, 0) is 0 Å². The van der Waals surface area contributed by atoms with Gasteiger partial charge in [0.15, 0.2) is 0 Å². The smallest absolute Gasteiger partial charge is 0.234 e. The summed E-state index contributed by atoms with van der Waals surface area (Å²) >= 11 is 0. The summed E-state index contributed by atoms with van der Waals surface area (Å²) in [4.78, 5) is 12.8. The molecule has 0 saturated carbocycles. The van der Waals surface area contributed by atoms with Gasteiger partial charge in [-0.2, -0.15) is 5.26 Å². The highest BCUT2D eigenvalue weighted by Gasteiger charge is 2.12. The molecule has 0 aliphatic carbocycles. The zero-order valence-corrected chi connectivity index (χ0v) is 9.88. The molecule has 0 bridgehead atoms. The molecule has 0 radical (unpaired) electrons. The molecule has 0 fully saturated rings. The Kier molecular flexibility index (Phi) is 7.86. The Bertz CT molecular complexity index is 263. The second kappa shape index (κ2) is 8.38. The normalized spacial score (nSPS) is 11.8. The predicted octanol–water partition coefficient (Wildman–Crippen LogP) is -0.246. The summed E-state index contributed by atoms with van der Waals surface area (Å²) in [6, 6.07) is 1.95. The number of hydrogen-bond donors (Lipinski definition) is 0. The van der Waals surface area contributed by atoms with E-state index in [1.54, 1.807) is 7.05 Å². The van der Waals surface area contributed by atoms with Crippen molar-refractivity contribution >= 4 is 16.7 Å². The molecule has 1 atom stereocenters. The minimum atomic E-state index is -1.18. The van der Waals surface area contributed by atoms with E-state index in [1.165, 1.54) is 12.0 Å². The van der Waals surface area contributed by atoms with Crippen molar-refractivity contribution in [3.63, 3.8) is 0 Å². The molecule has 0 heterocycles. The maximum Gasteiger partial charge on any atom is 0.234 e. The van der Waals surface area contributed by atoms with Crippen LogP contribution in [0.5, 0.6) is 0 Å². The maximum atomic E-state index is 11.4. The van der Waals surface area contributed by atoms with E-state index in [2.05, 4.69) is 0 Å². The Morgan fingerprint density at radius 2 is 2.27 bits per heavy atom. The van der Waals surface area contributed by atoms with Gasteiger partial charge in [0.25, 0.3) is 0 Å². The van der Waals surface area contributed by atoms with Crippen LogP contribution >= 0.6 is 0 Å². The highest BCUT2D eigenvalue weighted by Crippen LogP contribution is 1.92. The van der Waals surface area contributed by atoms with Gasteiger partial charge in [0.05, 0.1) is 19.1 Å². The zero-order valence-electron chi connectivity index (χ0n) is 9.06. The number of carbonyl (C=O) groups excluding carboxylic acids is 1. The number of amides is 1. The number of methoxy groups -OCH3 is 1. The first kappa shape index (κ1) is 14.1. The van der Waals surface area contributed by atoms with Gasteiger partial charge in [-0.1, -0.05) is 0 Å². The third-order valence-electron chi connectivity index (χ3n) is 1.78. The second-order valence-electron chi connectivity index (χ2n) is 3.00. The molecule has 0 aliphatic rings. The van der Waals surface area contributed by atoms with Crippen molar-refractivity contribution in [2.75, 3.05) is 38.8 Å². The largest absolute Gasteiger partial charge is 0.384 e. The summed E-state index contributed by atoms with van der Waals surface area (Å²) in [6.45, 7) is 0.776. The van der Waals surface area contributed by atoms with E-state index < -0.39 is 10.8 Å². The SMILES string of the molecule is COCCS(=O)CC(=O)N(C)CCC#N. The Labute approximate surface area is 92.5 Å². The summed E-state index contributed by atoms with van der Waals surface area (Å²) in [5.41, 5.74) is 0. The van der Waals surface area contributed by atoms with Gasteiger partial charge in [0.2, 0.25) is 5.91 Å². The standard InChI is InChI=1S/C9H16N2O3S/c1-11(5-3-4-10)9(12)8-15(13)7-6-14-2/h3,5-8H2,1-2H3. The fraction of sp³-hybridized carbons (Fsp3) is 0.778. The number of nitriles is 1. The molecule has 0 N–H and O–H groups in total. The van der Waals surface area contributed by atoms with Crippen LogP contribution in [0.25, 0.3) is 0 Å². The molecule has 5 nitrogen and oxygen atoms in total. The van der Waals surface area contributed by atoms with Crippen molar-refractivity contribution in [1.82, 2.24) is 4.90 Å². The monoisotopic (exact) mass is 232 g/mol. The minimum absolute atomic E-state index is 0.00525. The van der Waals surface area contributed by atoms with Gasteiger partial charge in [0.1, 0.15) is 5.75 Å². The first-order valence-electron chi connectivity index (χ1n) is 4.56. The molecule has 0 aliphatic heterocycles.